The van der Waals surface area contributed by atoms with Gasteiger partial charge in [-0.15, -0.1) is 0 Å². The second-order valence-electron chi connectivity index (χ2n) is 5.35. The molecule has 0 bridgehead atoms. The van der Waals surface area contributed by atoms with Crippen LogP contribution in [0.4, 0.5) is 0 Å². The lowest BCUT2D eigenvalue weighted by Crippen LogP contribution is -2.42. The van der Waals surface area contributed by atoms with Crippen LogP contribution in [-0.2, 0) is 6.42 Å². The average molecular weight is 279 g/mol. The maximum Gasteiger partial charge on any atom is 0.160 e. The van der Waals surface area contributed by atoms with Gasteiger partial charge in [-0.3, -0.25) is 0 Å². The van der Waals surface area contributed by atoms with E-state index in [1.54, 1.807) is 14.2 Å². The number of methoxy groups -OCH3 is 2. The van der Waals surface area contributed by atoms with E-state index in [1.165, 1.54) is 12.0 Å². The molecule has 0 unspecified atom stereocenters. The predicted octanol–water partition coefficient (Wildman–Crippen LogP) is 2.14. The summed E-state index contributed by atoms with van der Waals surface area (Å²) in [5, 5.41) is 13.4. The second kappa shape index (κ2) is 7.50. The summed E-state index contributed by atoms with van der Waals surface area (Å²) >= 11 is 0. The van der Waals surface area contributed by atoms with Gasteiger partial charge in [0.1, 0.15) is 0 Å². The Hall–Kier alpha value is -1.26. The molecule has 0 saturated heterocycles. The first kappa shape index (κ1) is 15.1. The topological polar surface area (TPSA) is 50.7 Å². The van der Waals surface area contributed by atoms with Crippen molar-refractivity contribution in [2.24, 2.45) is 0 Å². The number of benzene rings is 1. The zero-order valence-electron chi connectivity index (χ0n) is 12.4. The van der Waals surface area contributed by atoms with Gasteiger partial charge in [0.2, 0.25) is 0 Å². The van der Waals surface area contributed by atoms with Crippen LogP contribution in [0.1, 0.15) is 31.2 Å². The average Bonchev–Trinajstić information content (AvgIpc) is 2.49. The molecule has 1 fully saturated rings. The Morgan fingerprint density at radius 1 is 1.15 bits per heavy atom. The first-order valence-electron chi connectivity index (χ1n) is 7.37. The fourth-order valence-electron chi connectivity index (χ4n) is 2.79. The van der Waals surface area contributed by atoms with Gasteiger partial charge in [0.05, 0.1) is 20.3 Å². The van der Waals surface area contributed by atoms with E-state index in [0.717, 1.165) is 43.7 Å². The first-order valence-corrected chi connectivity index (χ1v) is 7.37. The number of aliphatic hydroxyl groups is 1. The van der Waals surface area contributed by atoms with Crippen LogP contribution in [0.15, 0.2) is 18.2 Å². The van der Waals surface area contributed by atoms with Crippen molar-refractivity contribution in [3.8, 4) is 11.5 Å². The molecule has 0 amide bonds. The molecule has 2 N–H and O–H groups in total. The van der Waals surface area contributed by atoms with Gasteiger partial charge < -0.3 is 19.9 Å². The quantitative estimate of drug-likeness (QED) is 0.837. The molecule has 0 spiro atoms. The first-order chi connectivity index (χ1) is 9.74. The van der Waals surface area contributed by atoms with Gasteiger partial charge in [0, 0.05) is 6.04 Å². The van der Waals surface area contributed by atoms with Gasteiger partial charge >= 0.3 is 0 Å². The fraction of sp³-hybridized carbons (Fsp3) is 0.625. The molecule has 20 heavy (non-hydrogen) atoms. The molecule has 1 aliphatic rings. The minimum absolute atomic E-state index is 0.186. The van der Waals surface area contributed by atoms with E-state index in [2.05, 4.69) is 11.4 Å². The lowest BCUT2D eigenvalue weighted by atomic mass is 9.92. The number of rotatable bonds is 6. The fourth-order valence-corrected chi connectivity index (χ4v) is 2.79. The van der Waals surface area contributed by atoms with E-state index >= 15 is 0 Å². The Morgan fingerprint density at radius 3 is 2.60 bits per heavy atom. The van der Waals surface area contributed by atoms with Gasteiger partial charge in [0.25, 0.3) is 0 Å². The SMILES string of the molecule is COc1ccc(CCN[C@@H]2CCCC[C@@H]2O)cc1OC. The highest BCUT2D eigenvalue weighted by Gasteiger charge is 2.21. The van der Waals surface area contributed by atoms with Crippen LogP contribution in [0.25, 0.3) is 0 Å². The van der Waals surface area contributed by atoms with Crippen molar-refractivity contribution in [1.82, 2.24) is 5.32 Å². The molecular formula is C16H25NO3. The highest BCUT2D eigenvalue weighted by atomic mass is 16.5. The smallest absolute Gasteiger partial charge is 0.160 e. The van der Waals surface area contributed by atoms with Crippen LogP contribution < -0.4 is 14.8 Å². The van der Waals surface area contributed by atoms with Crippen molar-refractivity contribution in [2.45, 2.75) is 44.2 Å². The number of hydrogen-bond donors (Lipinski definition) is 2. The molecule has 2 atom stereocenters. The molecule has 1 aromatic rings. The van der Waals surface area contributed by atoms with Crippen LogP contribution in [0.2, 0.25) is 0 Å². The Bertz CT molecular complexity index is 422. The van der Waals surface area contributed by atoms with Crippen LogP contribution in [0.3, 0.4) is 0 Å². The maximum absolute atomic E-state index is 9.92. The van der Waals surface area contributed by atoms with Crippen LogP contribution in [0.5, 0.6) is 11.5 Å². The Kier molecular flexibility index (Phi) is 5.68. The lowest BCUT2D eigenvalue weighted by molar-refractivity contribution is 0.0914. The van der Waals surface area contributed by atoms with Gasteiger partial charge in [-0.1, -0.05) is 18.9 Å². The molecule has 4 nitrogen and oxygen atoms in total. The van der Waals surface area contributed by atoms with E-state index in [1.807, 2.05) is 12.1 Å². The molecule has 1 saturated carbocycles. The monoisotopic (exact) mass is 279 g/mol. The van der Waals surface area contributed by atoms with Crippen molar-refractivity contribution in [3.63, 3.8) is 0 Å². The predicted molar refractivity (Wildman–Crippen MR) is 79.5 cm³/mol. The minimum atomic E-state index is -0.186. The molecule has 0 aromatic heterocycles. The van der Waals surface area contributed by atoms with Crippen molar-refractivity contribution in [2.75, 3.05) is 20.8 Å². The van der Waals surface area contributed by atoms with Crippen LogP contribution in [-0.4, -0.2) is 38.0 Å². The molecule has 1 aliphatic carbocycles. The number of ether oxygens (including phenoxy) is 2. The third-order valence-corrected chi connectivity index (χ3v) is 4.00. The Morgan fingerprint density at radius 2 is 1.90 bits per heavy atom. The summed E-state index contributed by atoms with van der Waals surface area (Å²) in [6, 6.07) is 6.26. The van der Waals surface area contributed by atoms with Gasteiger partial charge in [-0.05, 0) is 43.5 Å². The molecule has 1 aromatic carbocycles. The van der Waals surface area contributed by atoms with E-state index in [-0.39, 0.29) is 12.1 Å². The van der Waals surface area contributed by atoms with Crippen molar-refractivity contribution < 1.29 is 14.6 Å². The van der Waals surface area contributed by atoms with Gasteiger partial charge in [-0.25, -0.2) is 0 Å². The second-order valence-corrected chi connectivity index (χ2v) is 5.35. The van der Waals surface area contributed by atoms with E-state index in [0.29, 0.717) is 0 Å². The third-order valence-electron chi connectivity index (χ3n) is 4.00. The summed E-state index contributed by atoms with van der Waals surface area (Å²) in [6.45, 7) is 0.872. The summed E-state index contributed by atoms with van der Waals surface area (Å²) in [5.74, 6) is 1.52. The lowest BCUT2D eigenvalue weighted by Gasteiger charge is -2.28. The number of aliphatic hydroxyl groups excluding tert-OH is 1. The normalized spacial score (nSPS) is 22.6. The zero-order chi connectivity index (χ0) is 14.4. The minimum Gasteiger partial charge on any atom is -0.493 e. The summed E-state index contributed by atoms with van der Waals surface area (Å²) in [4.78, 5) is 0. The van der Waals surface area contributed by atoms with E-state index < -0.39 is 0 Å². The van der Waals surface area contributed by atoms with E-state index in [9.17, 15) is 5.11 Å². The summed E-state index contributed by atoms with van der Waals surface area (Å²) < 4.78 is 10.5. The molecule has 0 aliphatic heterocycles. The molecule has 0 heterocycles. The Balaban J connectivity index is 1.84. The van der Waals surface area contributed by atoms with Gasteiger partial charge in [-0.2, -0.15) is 0 Å². The highest BCUT2D eigenvalue weighted by molar-refractivity contribution is 5.42. The molecule has 0 radical (unpaired) electrons. The highest BCUT2D eigenvalue weighted by Crippen LogP contribution is 2.27. The van der Waals surface area contributed by atoms with Crippen molar-refractivity contribution >= 4 is 0 Å². The summed E-state index contributed by atoms with van der Waals surface area (Å²) in [5.41, 5.74) is 1.21. The molecule has 112 valence electrons. The molecular weight excluding hydrogens is 254 g/mol. The van der Waals surface area contributed by atoms with Crippen LogP contribution in [0, 0.1) is 0 Å². The molecule has 4 heteroatoms. The van der Waals surface area contributed by atoms with E-state index in [4.69, 9.17) is 9.47 Å². The standard InChI is InChI=1S/C16H25NO3/c1-19-15-8-7-12(11-16(15)20-2)9-10-17-13-5-3-4-6-14(13)18/h7-8,11,13-14,17-18H,3-6,9-10H2,1-2H3/t13-,14+/m1/s1. The zero-order valence-corrected chi connectivity index (χ0v) is 12.4. The van der Waals surface area contributed by atoms with Crippen LogP contribution >= 0.6 is 0 Å². The summed E-state index contributed by atoms with van der Waals surface area (Å²) in [6.07, 6.45) is 5.10. The summed E-state index contributed by atoms with van der Waals surface area (Å²) in [7, 11) is 3.29. The van der Waals surface area contributed by atoms with Crippen molar-refractivity contribution in [1.29, 1.82) is 0 Å². The number of nitrogens with one attached hydrogen (secondary N) is 1. The van der Waals surface area contributed by atoms with Gasteiger partial charge in [0.15, 0.2) is 11.5 Å². The maximum atomic E-state index is 9.92. The number of hydrogen-bond acceptors (Lipinski definition) is 4. The molecule has 2 rings (SSSR count). The Labute approximate surface area is 121 Å². The third kappa shape index (κ3) is 3.87. The largest absolute Gasteiger partial charge is 0.493 e. The van der Waals surface area contributed by atoms with Crippen molar-refractivity contribution in [3.05, 3.63) is 23.8 Å².